The summed E-state index contributed by atoms with van der Waals surface area (Å²) in [6, 6.07) is 15.7. The number of hydrogen-bond acceptors (Lipinski definition) is 6. The predicted molar refractivity (Wildman–Crippen MR) is 130 cm³/mol. The van der Waals surface area contributed by atoms with Crippen molar-refractivity contribution in [2.45, 2.75) is 20.8 Å². The van der Waals surface area contributed by atoms with E-state index >= 15 is 0 Å². The highest BCUT2D eigenvalue weighted by atomic mass is 32.1. The van der Waals surface area contributed by atoms with Gasteiger partial charge in [0.25, 0.3) is 11.6 Å². The first kappa shape index (κ1) is 22.1. The third kappa shape index (κ3) is 4.88. The number of amides is 1. The lowest BCUT2D eigenvalue weighted by molar-refractivity contribution is -0.385. The van der Waals surface area contributed by atoms with E-state index < -0.39 is 10.8 Å². The normalized spacial score (nSPS) is 10.8. The molecule has 33 heavy (non-hydrogen) atoms. The Kier molecular flexibility index (Phi) is 5.89. The quantitative estimate of drug-likeness (QED) is 0.236. The minimum Gasteiger partial charge on any atom is -0.436 e. The minimum absolute atomic E-state index is 0.0561. The van der Waals surface area contributed by atoms with E-state index in [9.17, 15) is 14.9 Å². The van der Waals surface area contributed by atoms with Crippen molar-refractivity contribution in [1.82, 2.24) is 10.3 Å². The fourth-order valence-electron chi connectivity index (χ4n) is 3.51. The molecule has 3 aromatic carbocycles. The van der Waals surface area contributed by atoms with Gasteiger partial charge in [-0.1, -0.05) is 23.3 Å². The van der Waals surface area contributed by atoms with E-state index in [1.807, 2.05) is 26.0 Å². The number of benzene rings is 3. The maximum atomic E-state index is 12.5. The number of nitro benzene ring substituents is 1. The third-order valence-electron chi connectivity index (χ3n) is 5.01. The second-order valence-corrected chi connectivity index (χ2v) is 8.15. The van der Waals surface area contributed by atoms with E-state index in [1.54, 1.807) is 25.1 Å². The molecule has 1 aromatic heterocycles. The Balaban J connectivity index is 1.49. The van der Waals surface area contributed by atoms with E-state index in [0.29, 0.717) is 28.2 Å². The Labute approximate surface area is 194 Å². The average molecular weight is 461 g/mol. The summed E-state index contributed by atoms with van der Waals surface area (Å²) in [6.07, 6.45) is 0. The summed E-state index contributed by atoms with van der Waals surface area (Å²) in [5, 5.41) is 16.6. The van der Waals surface area contributed by atoms with Gasteiger partial charge < -0.3 is 9.73 Å². The Morgan fingerprint density at radius 1 is 1.03 bits per heavy atom. The number of aromatic nitrogens is 1. The first-order valence-electron chi connectivity index (χ1n) is 10.1. The molecular formula is C24H20N4O4S. The molecule has 8 nitrogen and oxygen atoms in total. The van der Waals surface area contributed by atoms with E-state index in [1.165, 1.54) is 18.2 Å². The SMILES string of the molecule is Cc1cc(C)cc(-c2nc3cc(NC(=S)NC(=O)c4ccc(C)c([N+](=O)[O-])c4)ccc3o2)c1. The van der Waals surface area contributed by atoms with E-state index in [2.05, 4.69) is 21.7 Å². The minimum atomic E-state index is -0.546. The van der Waals surface area contributed by atoms with Gasteiger partial charge in [0.2, 0.25) is 5.89 Å². The zero-order valence-electron chi connectivity index (χ0n) is 18.1. The molecule has 0 spiro atoms. The standard InChI is InChI=1S/C24H20N4O4S/c1-13-8-14(2)10-17(9-13)23-26-19-12-18(6-7-21(19)32-23)25-24(33)27-22(29)16-5-4-15(3)20(11-16)28(30)31/h4-12H,1-3H3,(H2,25,27,29,33). The van der Waals surface area contributed by atoms with Crippen LogP contribution in [0.1, 0.15) is 27.0 Å². The summed E-state index contributed by atoms with van der Waals surface area (Å²) in [7, 11) is 0. The van der Waals surface area contributed by atoms with Crippen LogP contribution < -0.4 is 10.6 Å². The van der Waals surface area contributed by atoms with Crippen molar-refractivity contribution < 1.29 is 14.1 Å². The molecule has 2 N–H and O–H groups in total. The van der Waals surface area contributed by atoms with Crippen LogP contribution in [0.3, 0.4) is 0 Å². The van der Waals surface area contributed by atoms with E-state index in [0.717, 1.165) is 16.7 Å². The lowest BCUT2D eigenvalue weighted by Crippen LogP contribution is -2.34. The predicted octanol–water partition coefficient (Wildman–Crippen LogP) is 5.46. The molecule has 0 atom stereocenters. The van der Waals surface area contributed by atoms with Crippen LogP contribution in [-0.2, 0) is 0 Å². The smallest absolute Gasteiger partial charge is 0.273 e. The van der Waals surface area contributed by atoms with Crippen molar-refractivity contribution in [2.75, 3.05) is 5.32 Å². The largest absolute Gasteiger partial charge is 0.436 e. The molecule has 0 unspecified atom stereocenters. The van der Waals surface area contributed by atoms with Gasteiger partial charge in [0.15, 0.2) is 10.7 Å². The first-order chi connectivity index (χ1) is 15.7. The van der Waals surface area contributed by atoms with Crippen molar-refractivity contribution in [3.05, 3.63) is 87.0 Å². The number of nitro groups is 1. The van der Waals surface area contributed by atoms with Crippen molar-refractivity contribution in [3.8, 4) is 11.5 Å². The van der Waals surface area contributed by atoms with Crippen molar-refractivity contribution in [3.63, 3.8) is 0 Å². The van der Waals surface area contributed by atoms with E-state index in [4.69, 9.17) is 16.6 Å². The molecule has 0 saturated carbocycles. The second-order valence-electron chi connectivity index (χ2n) is 7.74. The number of nitrogens with one attached hydrogen (secondary N) is 2. The van der Waals surface area contributed by atoms with Gasteiger partial charge in [-0.2, -0.15) is 0 Å². The maximum Gasteiger partial charge on any atom is 0.273 e. The molecule has 4 aromatic rings. The topological polar surface area (TPSA) is 110 Å². The summed E-state index contributed by atoms with van der Waals surface area (Å²) >= 11 is 5.23. The fraction of sp³-hybridized carbons (Fsp3) is 0.125. The highest BCUT2D eigenvalue weighted by Crippen LogP contribution is 2.27. The van der Waals surface area contributed by atoms with Crippen LogP contribution in [0.2, 0.25) is 0 Å². The van der Waals surface area contributed by atoms with Gasteiger partial charge in [0, 0.05) is 28.4 Å². The number of carbonyl (C=O) groups excluding carboxylic acids is 1. The molecule has 1 heterocycles. The zero-order chi connectivity index (χ0) is 23.7. The Morgan fingerprint density at radius 2 is 1.76 bits per heavy atom. The number of nitrogens with zero attached hydrogens (tertiary/aromatic N) is 2. The maximum absolute atomic E-state index is 12.5. The van der Waals surface area contributed by atoms with Gasteiger partial charge in [0.1, 0.15) is 5.52 Å². The number of aryl methyl sites for hydroxylation is 3. The molecule has 166 valence electrons. The van der Waals surface area contributed by atoms with Crippen LogP contribution in [0.4, 0.5) is 11.4 Å². The van der Waals surface area contributed by atoms with Crippen molar-refractivity contribution in [2.24, 2.45) is 0 Å². The fourth-order valence-corrected chi connectivity index (χ4v) is 3.72. The number of carbonyl (C=O) groups is 1. The lowest BCUT2D eigenvalue weighted by atomic mass is 10.1. The van der Waals surface area contributed by atoms with Crippen molar-refractivity contribution in [1.29, 1.82) is 0 Å². The van der Waals surface area contributed by atoms with Crippen LogP contribution in [-0.4, -0.2) is 20.9 Å². The van der Waals surface area contributed by atoms with Gasteiger partial charge >= 0.3 is 0 Å². The molecular weight excluding hydrogens is 440 g/mol. The summed E-state index contributed by atoms with van der Waals surface area (Å²) < 4.78 is 5.89. The summed E-state index contributed by atoms with van der Waals surface area (Å²) in [5.41, 5.74) is 5.49. The summed E-state index contributed by atoms with van der Waals surface area (Å²) in [4.78, 5) is 27.6. The van der Waals surface area contributed by atoms with Crippen LogP contribution >= 0.6 is 12.2 Å². The molecule has 0 aliphatic heterocycles. The lowest BCUT2D eigenvalue weighted by Gasteiger charge is -2.09. The number of rotatable bonds is 4. The molecule has 0 fully saturated rings. The summed E-state index contributed by atoms with van der Waals surface area (Å²) in [6.45, 7) is 5.65. The molecule has 4 rings (SSSR count). The highest BCUT2D eigenvalue weighted by Gasteiger charge is 2.16. The number of fused-ring (bicyclic) bond motifs is 1. The van der Waals surface area contributed by atoms with Gasteiger partial charge in [-0.15, -0.1) is 0 Å². The number of anilines is 1. The first-order valence-corrected chi connectivity index (χ1v) is 10.5. The van der Waals surface area contributed by atoms with Gasteiger partial charge in [-0.05, 0) is 69.4 Å². The molecule has 0 bridgehead atoms. The Bertz CT molecular complexity index is 1410. The van der Waals surface area contributed by atoms with Gasteiger partial charge in [-0.3, -0.25) is 20.2 Å². The molecule has 0 radical (unpaired) electrons. The van der Waals surface area contributed by atoms with Gasteiger partial charge in [-0.25, -0.2) is 4.98 Å². The molecule has 1 amide bonds. The van der Waals surface area contributed by atoms with Crippen molar-refractivity contribution >= 4 is 45.7 Å². The third-order valence-corrected chi connectivity index (χ3v) is 5.21. The van der Waals surface area contributed by atoms with Crippen LogP contribution in [0.25, 0.3) is 22.6 Å². The number of thiocarbonyl (C=S) groups is 1. The van der Waals surface area contributed by atoms with Crippen LogP contribution in [0.5, 0.6) is 0 Å². The average Bonchev–Trinajstić information content (AvgIpc) is 3.16. The van der Waals surface area contributed by atoms with Crippen LogP contribution in [0.15, 0.2) is 59.0 Å². The summed E-state index contributed by atoms with van der Waals surface area (Å²) in [5.74, 6) is -0.0268. The number of oxazole rings is 1. The van der Waals surface area contributed by atoms with Gasteiger partial charge in [0.05, 0.1) is 4.92 Å². The monoisotopic (exact) mass is 460 g/mol. The Hall–Kier alpha value is -4.11. The Morgan fingerprint density at radius 3 is 2.45 bits per heavy atom. The number of hydrogen-bond donors (Lipinski definition) is 2. The molecule has 0 saturated heterocycles. The molecule has 0 aliphatic carbocycles. The zero-order valence-corrected chi connectivity index (χ0v) is 18.9. The molecule has 0 aliphatic rings. The highest BCUT2D eigenvalue weighted by molar-refractivity contribution is 7.80. The van der Waals surface area contributed by atoms with Crippen LogP contribution in [0, 0.1) is 30.9 Å². The molecule has 9 heteroatoms. The van der Waals surface area contributed by atoms with E-state index in [-0.39, 0.29) is 16.4 Å². The second kappa shape index (κ2) is 8.79.